The van der Waals surface area contributed by atoms with Gasteiger partial charge >= 0.3 is 6.03 Å². The van der Waals surface area contributed by atoms with Gasteiger partial charge in [-0.15, -0.1) is 0 Å². The first-order valence-electron chi connectivity index (χ1n) is 15.6. The van der Waals surface area contributed by atoms with Crippen molar-refractivity contribution in [1.82, 2.24) is 24.7 Å². The van der Waals surface area contributed by atoms with Crippen LogP contribution >= 0.6 is 0 Å². The molecule has 0 saturated carbocycles. The predicted molar refractivity (Wildman–Crippen MR) is 160 cm³/mol. The molecule has 2 N–H and O–H groups in total. The Morgan fingerprint density at radius 3 is 2.64 bits per heavy atom. The zero-order chi connectivity index (χ0) is 30.6. The molecule has 3 saturated heterocycles. The van der Waals surface area contributed by atoms with Crippen LogP contribution in [0.5, 0.6) is 0 Å². The molecule has 11 heteroatoms. The number of amides is 2. The highest BCUT2D eigenvalue weighted by atomic mass is 19.1. The number of imidazole rings is 1. The molecule has 3 aliphatic rings. The number of nitrogens with one attached hydrogen (secondary N) is 1. The third-order valence-corrected chi connectivity index (χ3v) is 9.12. The number of β-amino-alcohol motifs (C(OH)–C–C–N with tert-alkyl or cyclic N) is 1. The van der Waals surface area contributed by atoms with Crippen molar-refractivity contribution in [1.29, 1.82) is 0 Å². The van der Waals surface area contributed by atoms with E-state index in [0.29, 0.717) is 64.4 Å². The summed E-state index contributed by atoms with van der Waals surface area (Å²) < 4.78 is 52.2. The summed E-state index contributed by atoms with van der Waals surface area (Å²) in [5.41, 5.74) is 1.27. The standard InChI is InChI=1S/C33H40F3N5O3/c34-25-8-9-28(35)27(15-25)30-21-40(18-22-5-2-1-3-6-22)32(38-30)31(23-10-13-44-14-11-23)41(19-24-16-37-17-29(24)36)33(43)39-12-4-7-26(42)20-39/h1-3,5-6,8-9,15,21,23-24,26,29,31,37,42H,4,7,10-14,16-20H2/t24-,26?,29-,31+/m0/s1. The lowest BCUT2D eigenvalue weighted by Crippen LogP contribution is -2.53. The number of nitrogens with zero attached hydrogens (tertiary/aromatic N) is 4. The van der Waals surface area contributed by atoms with E-state index in [4.69, 9.17) is 9.72 Å². The summed E-state index contributed by atoms with van der Waals surface area (Å²) >= 11 is 0. The highest BCUT2D eigenvalue weighted by Gasteiger charge is 2.42. The Labute approximate surface area is 255 Å². The van der Waals surface area contributed by atoms with Crippen LogP contribution in [0.15, 0.2) is 54.7 Å². The predicted octanol–water partition coefficient (Wildman–Crippen LogP) is 4.78. The lowest BCUT2D eigenvalue weighted by molar-refractivity contribution is 0.0135. The second-order valence-corrected chi connectivity index (χ2v) is 12.2. The van der Waals surface area contributed by atoms with Gasteiger partial charge in [-0.3, -0.25) is 0 Å². The van der Waals surface area contributed by atoms with Gasteiger partial charge in [0, 0.05) is 70.2 Å². The second-order valence-electron chi connectivity index (χ2n) is 12.2. The number of benzene rings is 2. The molecular formula is C33H40F3N5O3. The highest BCUT2D eigenvalue weighted by molar-refractivity contribution is 5.75. The number of rotatable bonds is 8. The molecule has 3 aromatic rings. The summed E-state index contributed by atoms with van der Waals surface area (Å²) in [6, 6.07) is 12.2. The van der Waals surface area contributed by atoms with Gasteiger partial charge in [0.05, 0.1) is 17.8 Å². The zero-order valence-electron chi connectivity index (χ0n) is 24.8. The van der Waals surface area contributed by atoms with E-state index < -0.39 is 35.9 Å². The minimum Gasteiger partial charge on any atom is -0.391 e. The Morgan fingerprint density at radius 2 is 1.91 bits per heavy atom. The van der Waals surface area contributed by atoms with E-state index in [1.165, 1.54) is 0 Å². The fourth-order valence-corrected chi connectivity index (χ4v) is 6.79. The summed E-state index contributed by atoms with van der Waals surface area (Å²) in [6.45, 7) is 2.92. The number of ether oxygens (including phenoxy) is 1. The zero-order valence-corrected chi connectivity index (χ0v) is 24.8. The molecule has 3 fully saturated rings. The summed E-state index contributed by atoms with van der Waals surface area (Å²) in [5, 5.41) is 13.6. The molecule has 4 atom stereocenters. The normalized spacial score (nSPS) is 23.5. The molecule has 8 nitrogen and oxygen atoms in total. The number of carbonyl (C=O) groups is 1. The van der Waals surface area contributed by atoms with Crippen LogP contribution in [-0.4, -0.2) is 88.7 Å². The Balaban J connectivity index is 1.48. The molecule has 4 heterocycles. The Hall–Kier alpha value is -3.41. The molecule has 2 aromatic carbocycles. The van der Waals surface area contributed by atoms with Crippen LogP contribution in [0.25, 0.3) is 11.3 Å². The summed E-state index contributed by atoms with van der Waals surface area (Å²) in [7, 11) is 0. The summed E-state index contributed by atoms with van der Waals surface area (Å²) in [6.07, 6.45) is 2.58. The van der Waals surface area contributed by atoms with E-state index in [1.807, 2.05) is 34.9 Å². The van der Waals surface area contributed by atoms with Gasteiger partial charge in [-0.25, -0.2) is 22.9 Å². The highest BCUT2D eigenvalue weighted by Crippen LogP contribution is 2.39. The number of aromatic nitrogens is 2. The van der Waals surface area contributed by atoms with Gasteiger partial charge in [0.15, 0.2) is 0 Å². The van der Waals surface area contributed by atoms with E-state index in [2.05, 4.69) is 5.32 Å². The van der Waals surface area contributed by atoms with Crippen molar-refractivity contribution >= 4 is 6.03 Å². The number of halogens is 3. The number of hydrogen-bond acceptors (Lipinski definition) is 5. The molecule has 6 rings (SSSR count). The molecule has 0 bridgehead atoms. The van der Waals surface area contributed by atoms with Crippen molar-refractivity contribution in [3.05, 3.63) is 77.8 Å². The van der Waals surface area contributed by atoms with Gasteiger partial charge < -0.3 is 29.5 Å². The van der Waals surface area contributed by atoms with Crippen LogP contribution in [0.2, 0.25) is 0 Å². The van der Waals surface area contributed by atoms with Crippen molar-refractivity contribution in [2.75, 3.05) is 45.9 Å². The van der Waals surface area contributed by atoms with Crippen LogP contribution in [0.4, 0.5) is 18.0 Å². The number of urea groups is 1. The molecule has 3 aliphatic heterocycles. The number of alkyl halides is 1. The van der Waals surface area contributed by atoms with E-state index in [1.54, 1.807) is 16.0 Å². The number of hydrogen-bond donors (Lipinski definition) is 2. The number of aliphatic hydroxyl groups excluding tert-OH is 1. The topological polar surface area (TPSA) is 82.9 Å². The van der Waals surface area contributed by atoms with Crippen LogP contribution in [-0.2, 0) is 11.3 Å². The largest absolute Gasteiger partial charge is 0.391 e. The second kappa shape index (κ2) is 13.7. The molecular weight excluding hydrogens is 571 g/mol. The van der Waals surface area contributed by atoms with Gasteiger partial charge in [-0.05, 0) is 55.4 Å². The van der Waals surface area contributed by atoms with Crippen LogP contribution in [0, 0.1) is 23.5 Å². The smallest absolute Gasteiger partial charge is 0.320 e. The first-order chi connectivity index (χ1) is 21.4. The monoisotopic (exact) mass is 611 g/mol. The molecule has 2 amide bonds. The Bertz CT molecular complexity index is 1420. The lowest BCUT2D eigenvalue weighted by Gasteiger charge is -2.43. The van der Waals surface area contributed by atoms with Gasteiger partial charge in [0.1, 0.15) is 23.6 Å². The molecule has 1 aromatic heterocycles. The third kappa shape index (κ3) is 6.79. The maximum atomic E-state index is 15.1. The molecule has 236 valence electrons. The summed E-state index contributed by atoms with van der Waals surface area (Å²) in [5.74, 6) is -1.14. The lowest BCUT2D eigenvalue weighted by atomic mass is 9.89. The van der Waals surface area contributed by atoms with E-state index in [-0.39, 0.29) is 42.8 Å². The Kier molecular flexibility index (Phi) is 9.53. The first-order valence-corrected chi connectivity index (χ1v) is 15.6. The van der Waals surface area contributed by atoms with Crippen LogP contribution < -0.4 is 5.32 Å². The number of carbonyl (C=O) groups excluding carboxylic acids is 1. The first kappa shape index (κ1) is 30.6. The van der Waals surface area contributed by atoms with Gasteiger partial charge in [0.25, 0.3) is 0 Å². The van der Waals surface area contributed by atoms with E-state index >= 15 is 8.78 Å². The molecule has 44 heavy (non-hydrogen) atoms. The average molecular weight is 612 g/mol. The van der Waals surface area contributed by atoms with Crippen molar-refractivity contribution in [2.45, 2.75) is 50.5 Å². The Morgan fingerprint density at radius 1 is 1.11 bits per heavy atom. The average Bonchev–Trinajstić information content (AvgIpc) is 3.64. The molecule has 0 radical (unpaired) electrons. The number of likely N-dealkylation sites (tertiary alicyclic amines) is 1. The quantitative estimate of drug-likeness (QED) is 0.383. The van der Waals surface area contributed by atoms with Gasteiger partial charge in [-0.2, -0.15) is 0 Å². The van der Waals surface area contributed by atoms with E-state index in [0.717, 1.165) is 23.8 Å². The fourth-order valence-electron chi connectivity index (χ4n) is 6.79. The minimum atomic E-state index is -1.12. The van der Waals surface area contributed by atoms with Crippen molar-refractivity contribution in [3.8, 4) is 11.3 Å². The van der Waals surface area contributed by atoms with Crippen molar-refractivity contribution in [2.24, 2.45) is 11.8 Å². The fraction of sp³-hybridized carbons (Fsp3) is 0.515. The van der Waals surface area contributed by atoms with E-state index in [9.17, 15) is 14.3 Å². The molecule has 0 spiro atoms. The third-order valence-electron chi connectivity index (χ3n) is 9.12. The van der Waals surface area contributed by atoms with Crippen LogP contribution in [0.1, 0.15) is 43.1 Å². The maximum Gasteiger partial charge on any atom is 0.320 e. The maximum absolute atomic E-state index is 15.1. The minimum absolute atomic E-state index is 0.0321. The number of aliphatic hydroxyl groups is 1. The van der Waals surface area contributed by atoms with Crippen molar-refractivity contribution < 1.29 is 27.8 Å². The molecule has 1 unspecified atom stereocenters. The SMILES string of the molecule is O=C(N1CCCC(O)C1)N(C[C@@H]1CNC[C@@H]1F)[C@@H](c1nc(-c2cc(F)ccc2F)cn1Cc1ccccc1)C1CCOCC1. The summed E-state index contributed by atoms with van der Waals surface area (Å²) in [4.78, 5) is 22.8. The van der Waals surface area contributed by atoms with Crippen LogP contribution in [0.3, 0.4) is 0 Å². The van der Waals surface area contributed by atoms with Gasteiger partial charge in [-0.1, -0.05) is 30.3 Å². The number of piperidine rings is 1. The molecule has 0 aliphatic carbocycles. The van der Waals surface area contributed by atoms with Crippen molar-refractivity contribution in [3.63, 3.8) is 0 Å². The van der Waals surface area contributed by atoms with Gasteiger partial charge in [0.2, 0.25) is 0 Å².